The Hall–Kier alpha value is -1.64. The Balaban J connectivity index is 2.16. The van der Waals surface area contributed by atoms with Crippen molar-refractivity contribution < 1.29 is 0 Å². The summed E-state index contributed by atoms with van der Waals surface area (Å²) in [6.07, 6.45) is 0.869. The predicted octanol–water partition coefficient (Wildman–Crippen LogP) is 3.69. The first kappa shape index (κ1) is 10.5. The molecule has 0 bridgehead atoms. The molecule has 2 heteroatoms. The minimum Gasteiger partial charge on any atom is -0.622 e. The highest BCUT2D eigenvalue weighted by Crippen LogP contribution is 2.41. The number of fused-ring (bicyclic) bond motifs is 1. The van der Waals surface area contributed by atoms with Crippen LogP contribution in [0, 0.1) is 12.1 Å². The van der Waals surface area contributed by atoms with E-state index in [4.69, 9.17) is 0 Å². The number of para-hydroxylation sites is 1. The standard InChI is InChI=1S/C15H15NO/c1-12-7-8-13-9-10-16(17,15(13)11-12)14-5-3-2-4-6-14/h2-8,11H,9-10H2,1H3. The quantitative estimate of drug-likeness (QED) is 0.536. The molecular formula is C15H15NO. The maximum absolute atomic E-state index is 13.0. The van der Waals surface area contributed by atoms with Crippen molar-refractivity contribution in [3.63, 3.8) is 0 Å². The van der Waals surface area contributed by atoms with Gasteiger partial charge >= 0.3 is 0 Å². The maximum atomic E-state index is 13.0. The number of benzene rings is 2. The van der Waals surface area contributed by atoms with Crippen LogP contribution < -0.4 is 4.65 Å². The second-order valence-corrected chi connectivity index (χ2v) is 4.68. The Labute approximate surface area is 101 Å². The van der Waals surface area contributed by atoms with Crippen LogP contribution in [0.25, 0.3) is 0 Å². The van der Waals surface area contributed by atoms with Gasteiger partial charge in [0.1, 0.15) is 11.4 Å². The van der Waals surface area contributed by atoms with Crippen LogP contribution in [0.15, 0.2) is 48.5 Å². The molecule has 2 aromatic rings. The van der Waals surface area contributed by atoms with Crippen molar-refractivity contribution in [1.29, 1.82) is 0 Å². The van der Waals surface area contributed by atoms with Crippen LogP contribution in [0.5, 0.6) is 0 Å². The van der Waals surface area contributed by atoms with Crippen LogP contribution >= 0.6 is 0 Å². The first-order chi connectivity index (χ1) is 8.20. The van der Waals surface area contributed by atoms with Crippen molar-refractivity contribution in [2.24, 2.45) is 0 Å². The van der Waals surface area contributed by atoms with Gasteiger partial charge in [-0.2, -0.15) is 0 Å². The van der Waals surface area contributed by atoms with Crippen molar-refractivity contribution >= 4 is 11.4 Å². The average Bonchev–Trinajstić information content (AvgIpc) is 2.70. The summed E-state index contributed by atoms with van der Waals surface area (Å²) in [6.45, 7) is 2.65. The fraction of sp³-hybridized carbons (Fsp3) is 0.200. The number of quaternary nitrogens is 1. The van der Waals surface area contributed by atoms with E-state index in [2.05, 4.69) is 12.1 Å². The molecule has 2 nitrogen and oxygen atoms in total. The van der Waals surface area contributed by atoms with E-state index >= 15 is 0 Å². The van der Waals surface area contributed by atoms with E-state index in [0.29, 0.717) is 6.54 Å². The molecule has 1 heterocycles. The Kier molecular flexibility index (Phi) is 2.28. The number of aryl methyl sites for hydroxylation is 1. The summed E-state index contributed by atoms with van der Waals surface area (Å²) < 4.78 is -0.308. The molecule has 1 unspecified atom stereocenters. The van der Waals surface area contributed by atoms with Crippen LogP contribution in [-0.4, -0.2) is 6.54 Å². The van der Waals surface area contributed by atoms with E-state index in [-0.39, 0.29) is 4.65 Å². The normalized spacial score (nSPS) is 22.5. The lowest BCUT2D eigenvalue weighted by molar-refractivity contribution is 0.547. The van der Waals surface area contributed by atoms with Crippen LogP contribution in [0.3, 0.4) is 0 Å². The zero-order chi connectivity index (χ0) is 11.9. The molecule has 0 N–H and O–H groups in total. The molecule has 0 aromatic heterocycles. The number of hydroxylamine groups is 1. The highest BCUT2D eigenvalue weighted by molar-refractivity contribution is 5.66. The van der Waals surface area contributed by atoms with Crippen LogP contribution in [0.4, 0.5) is 11.4 Å². The third-order valence-corrected chi connectivity index (χ3v) is 3.50. The minimum atomic E-state index is -0.308. The van der Waals surface area contributed by atoms with Gasteiger partial charge in [0, 0.05) is 18.1 Å². The summed E-state index contributed by atoms with van der Waals surface area (Å²) >= 11 is 0. The Morgan fingerprint density at radius 2 is 1.82 bits per heavy atom. The molecule has 0 saturated carbocycles. The molecule has 0 radical (unpaired) electrons. The number of hydrogen-bond acceptors (Lipinski definition) is 1. The van der Waals surface area contributed by atoms with Crippen molar-refractivity contribution in [3.05, 3.63) is 64.9 Å². The van der Waals surface area contributed by atoms with Crippen molar-refractivity contribution in [2.75, 3.05) is 6.54 Å². The van der Waals surface area contributed by atoms with E-state index < -0.39 is 0 Å². The summed E-state index contributed by atoms with van der Waals surface area (Å²) in [5.74, 6) is 0. The minimum absolute atomic E-state index is 0.308. The van der Waals surface area contributed by atoms with Gasteiger partial charge in [0.15, 0.2) is 0 Å². The van der Waals surface area contributed by atoms with E-state index in [0.717, 1.165) is 23.4 Å². The number of nitrogens with zero attached hydrogens (tertiary/aromatic N) is 1. The molecule has 0 amide bonds. The summed E-state index contributed by atoms with van der Waals surface area (Å²) in [5, 5.41) is 13.0. The van der Waals surface area contributed by atoms with Gasteiger partial charge in [0.05, 0.1) is 6.54 Å². The van der Waals surface area contributed by atoms with E-state index in [1.807, 2.05) is 43.3 Å². The van der Waals surface area contributed by atoms with Gasteiger partial charge in [-0.3, -0.25) is 4.65 Å². The second-order valence-electron chi connectivity index (χ2n) is 4.68. The predicted molar refractivity (Wildman–Crippen MR) is 71.0 cm³/mol. The van der Waals surface area contributed by atoms with Gasteiger partial charge in [-0.1, -0.05) is 30.3 Å². The van der Waals surface area contributed by atoms with Crippen molar-refractivity contribution in [2.45, 2.75) is 13.3 Å². The lowest BCUT2D eigenvalue weighted by Crippen LogP contribution is -2.35. The van der Waals surface area contributed by atoms with Crippen molar-refractivity contribution in [3.8, 4) is 0 Å². The molecule has 0 aliphatic carbocycles. The first-order valence-corrected chi connectivity index (χ1v) is 5.95. The number of rotatable bonds is 1. The topological polar surface area (TPSA) is 23.1 Å². The fourth-order valence-corrected chi connectivity index (χ4v) is 2.56. The van der Waals surface area contributed by atoms with Crippen LogP contribution in [0.1, 0.15) is 11.1 Å². The molecule has 1 aliphatic rings. The Morgan fingerprint density at radius 1 is 1.06 bits per heavy atom. The molecule has 0 spiro atoms. The average molecular weight is 225 g/mol. The monoisotopic (exact) mass is 225 g/mol. The molecule has 2 aromatic carbocycles. The lowest BCUT2D eigenvalue weighted by atomic mass is 10.1. The smallest absolute Gasteiger partial charge is 0.141 e. The third-order valence-electron chi connectivity index (χ3n) is 3.50. The summed E-state index contributed by atoms with van der Waals surface area (Å²) in [5.41, 5.74) is 4.09. The fourth-order valence-electron chi connectivity index (χ4n) is 2.56. The van der Waals surface area contributed by atoms with Crippen LogP contribution in [0.2, 0.25) is 0 Å². The molecule has 17 heavy (non-hydrogen) atoms. The summed E-state index contributed by atoms with van der Waals surface area (Å²) in [4.78, 5) is 0. The Morgan fingerprint density at radius 3 is 2.59 bits per heavy atom. The summed E-state index contributed by atoms with van der Waals surface area (Å²) in [6, 6.07) is 15.9. The van der Waals surface area contributed by atoms with E-state index in [9.17, 15) is 5.21 Å². The molecule has 1 aliphatic heterocycles. The lowest BCUT2D eigenvalue weighted by Gasteiger charge is -2.38. The number of hydrogen-bond donors (Lipinski definition) is 0. The van der Waals surface area contributed by atoms with E-state index in [1.165, 1.54) is 5.56 Å². The largest absolute Gasteiger partial charge is 0.622 e. The maximum Gasteiger partial charge on any atom is 0.141 e. The van der Waals surface area contributed by atoms with Gasteiger partial charge in [-0.15, -0.1) is 0 Å². The van der Waals surface area contributed by atoms with E-state index in [1.54, 1.807) is 0 Å². The molecule has 86 valence electrons. The van der Waals surface area contributed by atoms with Gasteiger partial charge in [-0.05, 0) is 24.6 Å². The highest BCUT2D eigenvalue weighted by Gasteiger charge is 2.32. The second kappa shape index (κ2) is 3.69. The van der Waals surface area contributed by atoms with Gasteiger partial charge in [0.25, 0.3) is 0 Å². The zero-order valence-corrected chi connectivity index (χ0v) is 9.89. The molecule has 1 atom stereocenters. The molecule has 0 saturated heterocycles. The van der Waals surface area contributed by atoms with Gasteiger partial charge in [-0.25, -0.2) is 0 Å². The zero-order valence-electron chi connectivity index (χ0n) is 9.89. The highest BCUT2D eigenvalue weighted by atomic mass is 16.5. The Bertz CT molecular complexity index is 550. The van der Waals surface area contributed by atoms with Crippen molar-refractivity contribution in [1.82, 2.24) is 4.65 Å². The molecule has 3 rings (SSSR count). The molecule has 0 fully saturated rings. The van der Waals surface area contributed by atoms with Gasteiger partial charge in [0.2, 0.25) is 0 Å². The summed E-state index contributed by atoms with van der Waals surface area (Å²) in [7, 11) is 0. The van der Waals surface area contributed by atoms with Gasteiger partial charge < -0.3 is 5.21 Å². The third kappa shape index (κ3) is 1.57. The van der Waals surface area contributed by atoms with Crippen LogP contribution in [-0.2, 0) is 6.42 Å². The SMILES string of the molecule is Cc1ccc2c(c1)[N+]([O-])(c1ccccc1)CC2. The molecular weight excluding hydrogens is 210 g/mol. The first-order valence-electron chi connectivity index (χ1n) is 5.95.